The van der Waals surface area contributed by atoms with E-state index in [2.05, 4.69) is 26.1 Å². The van der Waals surface area contributed by atoms with Crippen LogP contribution < -0.4 is 5.32 Å². The lowest BCUT2D eigenvalue weighted by Crippen LogP contribution is -2.45. The molecular formula is C15H21BrN2O2. The van der Waals surface area contributed by atoms with Gasteiger partial charge in [-0.3, -0.25) is 9.69 Å². The van der Waals surface area contributed by atoms with Crippen molar-refractivity contribution >= 4 is 27.5 Å². The van der Waals surface area contributed by atoms with Gasteiger partial charge in [0.15, 0.2) is 0 Å². The van der Waals surface area contributed by atoms with E-state index in [0.29, 0.717) is 19.4 Å². The van der Waals surface area contributed by atoms with Crippen LogP contribution in [0.4, 0.5) is 5.69 Å². The molecule has 1 saturated heterocycles. The van der Waals surface area contributed by atoms with Gasteiger partial charge < -0.3 is 10.4 Å². The maximum absolute atomic E-state index is 12.0. The van der Waals surface area contributed by atoms with E-state index in [1.165, 1.54) is 0 Å². The van der Waals surface area contributed by atoms with E-state index in [1.54, 1.807) is 0 Å². The van der Waals surface area contributed by atoms with Gasteiger partial charge in [-0.2, -0.15) is 0 Å². The predicted molar refractivity (Wildman–Crippen MR) is 83.8 cm³/mol. The Morgan fingerprint density at radius 2 is 2.10 bits per heavy atom. The van der Waals surface area contributed by atoms with Gasteiger partial charge in [-0.05, 0) is 60.3 Å². The molecule has 0 aliphatic carbocycles. The van der Waals surface area contributed by atoms with Crippen molar-refractivity contribution < 1.29 is 9.90 Å². The Hall–Kier alpha value is -0.910. The van der Waals surface area contributed by atoms with E-state index in [1.807, 2.05) is 32.0 Å². The van der Waals surface area contributed by atoms with E-state index < -0.39 is 5.60 Å². The van der Waals surface area contributed by atoms with Crippen molar-refractivity contribution in [1.29, 1.82) is 0 Å². The zero-order chi connectivity index (χ0) is 14.8. The van der Waals surface area contributed by atoms with E-state index in [-0.39, 0.29) is 5.91 Å². The molecule has 1 amide bonds. The van der Waals surface area contributed by atoms with Crippen LogP contribution in [0.2, 0.25) is 0 Å². The van der Waals surface area contributed by atoms with Crippen LogP contribution in [0.5, 0.6) is 0 Å². The molecule has 1 aromatic rings. The van der Waals surface area contributed by atoms with Crippen LogP contribution in [0.1, 0.15) is 25.3 Å². The summed E-state index contributed by atoms with van der Waals surface area (Å²) in [5, 5.41) is 12.8. The first-order valence-electron chi connectivity index (χ1n) is 6.86. The number of hydrogen-bond donors (Lipinski definition) is 2. The fourth-order valence-corrected chi connectivity index (χ4v) is 2.90. The summed E-state index contributed by atoms with van der Waals surface area (Å²) >= 11 is 3.45. The first kappa shape index (κ1) is 15.5. The second-order valence-corrected chi connectivity index (χ2v) is 6.66. The molecular weight excluding hydrogens is 320 g/mol. The number of likely N-dealkylation sites (tertiary alicyclic amines) is 1. The Labute approximate surface area is 128 Å². The fourth-order valence-electron chi connectivity index (χ4n) is 2.31. The van der Waals surface area contributed by atoms with Crippen molar-refractivity contribution in [3.63, 3.8) is 0 Å². The number of aliphatic hydroxyl groups is 1. The molecule has 4 nitrogen and oxygen atoms in total. The largest absolute Gasteiger partial charge is 0.390 e. The Kier molecular flexibility index (Phi) is 4.83. The van der Waals surface area contributed by atoms with Crippen molar-refractivity contribution in [2.75, 3.05) is 25.0 Å². The van der Waals surface area contributed by atoms with Crippen molar-refractivity contribution in [3.05, 3.63) is 28.2 Å². The number of nitrogens with zero attached hydrogens (tertiary/aromatic N) is 1. The summed E-state index contributed by atoms with van der Waals surface area (Å²) < 4.78 is 0.896. The topological polar surface area (TPSA) is 52.6 Å². The second-order valence-electron chi connectivity index (χ2n) is 5.80. The third-order valence-electron chi connectivity index (χ3n) is 3.70. The van der Waals surface area contributed by atoms with Crippen LogP contribution in [0, 0.1) is 6.92 Å². The number of amides is 1. The molecule has 0 atom stereocenters. The molecule has 20 heavy (non-hydrogen) atoms. The van der Waals surface area contributed by atoms with E-state index in [0.717, 1.165) is 28.8 Å². The summed E-state index contributed by atoms with van der Waals surface area (Å²) in [7, 11) is 0. The molecule has 2 rings (SSSR count). The van der Waals surface area contributed by atoms with E-state index in [9.17, 15) is 9.90 Å². The summed E-state index contributed by atoms with van der Waals surface area (Å²) in [6.07, 6.45) is 1.43. The maximum Gasteiger partial charge on any atom is 0.238 e. The summed E-state index contributed by atoms with van der Waals surface area (Å²) in [5.41, 5.74) is 1.37. The molecule has 0 radical (unpaired) electrons. The first-order chi connectivity index (χ1) is 9.35. The third kappa shape index (κ3) is 4.30. The van der Waals surface area contributed by atoms with E-state index >= 15 is 0 Å². The number of aryl methyl sites for hydroxylation is 1. The quantitative estimate of drug-likeness (QED) is 0.888. The van der Waals surface area contributed by atoms with Gasteiger partial charge in [0.25, 0.3) is 0 Å². The zero-order valence-electron chi connectivity index (χ0n) is 11.9. The number of carbonyl (C=O) groups is 1. The summed E-state index contributed by atoms with van der Waals surface area (Å²) in [5.74, 6) is -0.0175. The van der Waals surface area contributed by atoms with Gasteiger partial charge in [-0.15, -0.1) is 0 Å². The minimum absolute atomic E-state index is 0.0175. The number of anilines is 1. The van der Waals surface area contributed by atoms with Crippen molar-refractivity contribution in [1.82, 2.24) is 4.90 Å². The predicted octanol–water partition coefficient (Wildman–Crippen LogP) is 2.54. The lowest BCUT2D eigenvalue weighted by atomic mass is 9.94. The summed E-state index contributed by atoms with van der Waals surface area (Å²) in [6.45, 7) is 5.76. The highest BCUT2D eigenvalue weighted by Gasteiger charge is 2.28. The fraction of sp³-hybridized carbons (Fsp3) is 0.533. The van der Waals surface area contributed by atoms with Crippen LogP contribution >= 0.6 is 15.9 Å². The molecule has 5 heteroatoms. The van der Waals surface area contributed by atoms with Gasteiger partial charge in [0.2, 0.25) is 5.91 Å². The molecule has 1 aromatic carbocycles. The van der Waals surface area contributed by atoms with Gasteiger partial charge in [0.1, 0.15) is 0 Å². The van der Waals surface area contributed by atoms with Crippen molar-refractivity contribution in [3.8, 4) is 0 Å². The van der Waals surface area contributed by atoms with Crippen molar-refractivity contribution in [2.24, 2.45) is 0 Å². The van der Waals surface area contributed by atoms with Crippen LogP contribution in [-0.4, -0.2) is 41.1 Å². The minimum Gasteiger partial charge on any atom is -0.390 e. The molecule has 0 unspecified atom stereocenters. The average molecular weight is 341 g/mol. The monoisotopic (exact) mass is 340 g/mol. The lowest BCUT2D eigenvalue weighted by Gasteiger charge is -2.35. The Morgan fingerprint density at radius 1 is 1.45 bits per heavy atom. The van der Waals surface area contributed by atoms with Crippen LogP contribution in [-0.2, 0) is 4.79 Å². The average Bonchev–Trinajstić information content (AvgIpc) is 2.35. The normalized spacial score (nSPS) is 18.8. The number of hydrogen-bond acceptors (Lipinski definition) is 3. The molecule has 0 spiro atoms. The number of piperidine rings is 1. The number of benzene rings is 1. The number of nitrogens with one attached hydrogen (secondary N) is 1. The highest BCUT2D eigenvalue weighted by molar-refractivity contribution is 9.10. The van der Waals surface area contributed by atoms with Gasteiger partial charge >= 0.3 is 0 Å². The first-order valence-corrected chi connectivity index (χ1v) is 7.66. The SMILES string of the molecule is Cc1ccc(NC(=O)CN2CCC(C)(O)CC2)c(Br)c1. The Bertz CT molecular complexity index is 493. The molecule has 2 N–H and O–H groups in total. The standard InChI is InChI=1S/C15H21BrN2O2/c1-11-3-4-13(12(16)9-11)17-14(19)10-18-7-5-15(2,20)6-8-18/h3-4,9,20H,5-8,10H2,1-2H3,(H,17,19). The molecule has 0 bridgehead atoms. The maximum atomic E-state index is 12.0. The molecule has 110 valence electrons. The Balaban J connectivity index is 1.87. The van der Waals surface area contributed by atoms with Crippen LogP contribution in [0.3, 0.4) is 0 Å². The molecule has 1 fully saturated rings. The number of halogens is 1. The molecule has 0 saturated carbocycles. The minimum atomic E-state index is -0.576. The number of carbonyl (C=O) groups excluding carboxylic acids is 1. The second kappa shape index (κ2) is 6.24. The van der Waals surface area contributed by atoms with Crippen molar-refractivity contribution in [2.45, 2.75) is 32.3 Å². The van der Waals surface area contributed by atoms with Crippen LogP contribution in [0.15, 0.2) is 22.7 Å². The van der Waals surface area contributed by atoms with Gasteiger partial charge in [0, 0.05) is 17.6 Å². The van der Waals surface area contributed by atoms with Crippen LogP contribution in [0.25, 0.3) is 0 Å². The molecule has 0 aromatic heterocycles. The lowest BCUT2D eigenvalue weighted by molar-refractivity contribution is -0.118. The van der Waals surface area contributed by atoms with E-state index in [4.69, 9.17) is 0 Å². The smallest absolute Gasteiger partial charge is 0.238 e. The number of rotatable bonds is 3. The Morgan fingerprint density at radius 3 is 2.70 bits per heavy atom. The summed E-state index contributed by atoms with van der Waals surface area (Å²) in [6, 6.07) is 5.85. The van der Waals surface area contributed by atoms with Gasteiger partial charge in [-0.1, -0.05) is 6.07 Å². The molecule has 1 aliphatic heterocycles. The highest BCUT2D eigenvalue weighted by Crippen LogP contribution is 2.24. The summed E-state index contributed by atoms with van der Waals surface area (Å²) in [4.78, 5) is 14.1. The zero-order valence-corrected chi connectivity index (χ0v) is 13.5. The molecule has 1 aliphatic rings. The molecule has 1 heterocycles. The third-order valence-corrected chi connectivity index (χ3v) is 4.36. The highest BCUT2D eigenvalue weighted by atomic mass is 79.9. The van der Waals surface area contributed by atoms with Gasteiger partial charge in [0.05, 0.1) is 17.8 Å². The van der Waals surface area contributed by atoms with Gasteiger partial charge in [-0.25, -0.2) is 0 Å².